The van der Waals surface area contributed by atoms with Crippen molar-refractivity contribution < 1.29 is 27.9 Å². The normalized spacial score (nSPS) is 11.3. The molecular formula is C18H20N2O6S. The number of anilines is 1. The first-order chi connectivity index (χ1) is 12.7. The average Bonchev–Trinajstić information content (AvgIpc) is 2.62. The van der Waals surface area contributed by atoms with E-state index in [0.717, 1.165) is 10.4 Å². The van der Waals surface area contributed by atoms with Gasteiger partial charge in [-0.15, -0.1) is 0 Å². The number of aromatic carboxylic acids is 1. The molecule has 9 heteroatoms. The van der Waals surface area contributed by atoms with Crippen LogP contribution in [0.2, 0.25) is 0 Å². The molecule has 1 heterocycles. The number of rotatable bonds is 7. The van der Waals surface area contributed by atoms with Crippen LogP contribution in [0.25, 0.3) is 0 Å². The van der Waals surface area contributed by atoms with Crippen LogP contribution >= 0.6 is 0 Å². The Balaban J connectivity index is 2.46. The van der Waals surface area contributed by atoms with E-state index < -0.39 is 28.0 Å². The molecule has 0 atom stereocenters. The Kier molecular flexibility index (Phi) is 6.17. The number of carboxylic acid groups (broad SMARTS) is 1. The lowest BCUT2D eigenvalue weighted by Gasteiger charge is -2.28. The molecule has 2 rings (SSSR count). The molecule has 8 nitrogen and oxygen atoms in total. The second-order valence-corrected chi connectivity index (χ2v) is 7.66. The molecule has 0 saturated carbocycles. The van der Waals surface area contributed by atoms with Gasteiger partial charge in [0.25, 0.3) is 10.0 Å². The minimum Gasteiger partial charge on any atom is -0.478 e. The second kappa shape index (κ2) is 8.17. The topological polar surface area (TPSA) is 114 Å². The number of carbonyl (C=O) groups is 2. The van der Waals surface area contributed by atoms with Gasteiger partial charge in [0.2, 0.25) is 0 Å². The van der Waals surface area contributed by atoms with Gasteiger partial charge in [0, 0.05) is 6.04 Å². The van der Waals surface area contributed by atoms with Crippen molar-refractivity contribution in [3.8, 4) is 0 Å². The van der Waals surface area contributed by atoms with Gasteiger partial charge in [-0.1, -0.05) is 6.07 Å². The highest BCUT2D eigenvalue weighted by atomic mass is 32.2. The van der Waals surface area contributed by atoms with E-state index in [-0.39, 0.29) is 28.4 Å². The Labute approximate surface area is 157 Å². The first-order valence-corrected chi connectivity index (χ1v) is 9.63. The summed E-state index contributed by atoms with van der Waals surface area (Å²) >= 11 is 0. The second-order valence-electron chi connectivity index (χ2n) is 5.85. The van der Waals surface area contributed by atoms with Crippen LogP contribution in [0.3, 0.4) is 0 Å². The third-order valence-corrected chi connectivity index (χ3v) is 5.59. The van der Waals surface area contributed by atoms with Gasteiger partial charge >= 0.3 is 11.9 Å². The number of sulfonamides is 1. The lowest BCUT2D eigenvalue weighted by molar-refractivity contribution is 0.0519. The molecule has 0 radical (unpaired) electrons. The van der Waals surface area contributed by atoms with E-state index in [1.54, 1.807) is 20.8 Å². The van der Waals surface area contributed by atoms with Crippen LogP contribution in [0.5, 0.6) is 0 Å². The average molecular weight is 392 g/mol. The van der Waals surface area contributed by atoms with Gasteiger partial charge in [0.05, 0.1) is 29.0 Å². The number of hydrogen-bond acceptors (Lipinski definition) is 6. The van der Waals surface area contributed by atoms with Crippen LogP contribution in [0, 0.1) is 0 Å². The van der Waals surface area contributed by atoms with E-state index in [1.807, 2.05) is 0 Å². The van der Waals surface area contributed by atoms with E-state index in [4.69, 9.17) is 9.84 Å². The van der Waals surface area contributed by atoms with E-state index in [9.17, 15) is 18.0 Å². The van der Waals surface area contributed by atoms with Crippen molar-refractivity contribution in [1.29, 1.82) is 0 Å². The van der Waals surface area contributed by atoms with Gasteiger partial charge in [-0.05, 0) is 51.1 Å². The Morgan fingerprint density at radius 2 is 1.93 bits per heavy atom. The maximum atomic E-state index is 13.1. The summed E-state index contributed by atoms with van der Waals surface area (Å²) in [6, 6.07) is 7.49. The summed E-state index contributed by atoms with van der Waals surface area (Å²) in [5, 5.41) is 9.10. The largest absolute Gasteiger partial charge is 0.478 e. The van der Waals surface area contributed by atoms with Crippen molar-refractivity contribution in [2.24, 2.45) is 0 Å². The van der Waals surface area contributed by atoms with Crippen LogP contribution in [-0.2, 0) is 14.8 Å². The molecule has 144 valence electrons. The first-order valence-electron chi connectivity index (χ1n) is 8.19. The predicted octanol–water partition coefficient (Wildman–Crippen LogP) is 2.56. The van der Waals surface area contributed by atoms with Gasteiger partial charge in [0.1, 0.15) is 5.69 Å². The Hall–Kier alpha value is -2.94. The minimum absolute atomic E-state index is 0.0644. The summed E-state index contributed by atoms with van der Waals surface area (Å²) in [4.78, 5) is 26.7. The standard InChI is InChI=1S/C18H20N2O6S/c1-4-26-18(23)16-9-8-14(11-19-16)20(12(2)3)27(24,25)15-7-5-6-13(10-15)17(21)22/h5-12H,4H2,1-3H3,(H,21,22). The Morgan fingerprint density at radius 1 is 1.22 bits per heavy atom. The molecular weight excluding hydrogens is 372 g/mol. The van der Waals surface area contributed by atoms with E-state index in [1.165, 1.54) is 36.5 Å². The number of benzene rings is 1. The molecule has 0 aliphatic rings. The van der Waals surface area contributed by atoms with Crippen molar-refractivity contribution in [2.45, 2.75) is 31.7 Å². The molecule has 27 heavy (non-hydrogen) atoms. The zero-order valence-corrected chi connectivity index (χ0v) is 15.9. The fourth-order valence-electron chi connectivity index (χ4n) is 2.46. The predicted molar refractivity (Wildman–Crippen MR) is 98.4 cm³/mol. The van der Waals surface area contributed by atoms with Crippen LogP contribution in [-0.4, -0.2) is 43.1 Å². The fraction of sp³-hybridized carbons (Fsp3) is 0.278. The number of hydrogen-bond donors (Lipinski definition) is 1. The number of pyridine rings is 1. The molecule has 0 spiro atoms. The third-order valence-electron chi connectivity index (χ3n) is 3.59. The summed E-state index contributed by atoms with van der Waals surface area (Å²) in [7, 11) is -4.04. The first kappa shape index (κ1) is 20.4. The molecule has 2 aromatic rings. The van der Waals surface area contributed by atoms with E-state index in [2.05, 4.69) is 4.98 Å². The molecule has 0 fully saturated rings. The maximum Gasteiger partial charge on any atom is 0.356 e. The Morgan fingerprint density at radius 3 is 2.44 bits per heavy atom. The SMILES string of the molecule is CCOC(=O)c1ccc(N(C(C)C)S(=O)(=O)c2cccc(C(=O)O)c2)cn1. The van der Waals surface area contributed by atoms with Gasteiger partial charge in [-0.2, -0.15) is 0 Å². The molecule has 0 aliphatic carbocycles. The fourth-order valence-corrected chi connectivity index (χ4v) is 4.15. The molecule has 0 saturated heterocycles. The maximum absolute atomic E-state index is 13.1. The van der Waals surface area contributed by atoms with Crippen molar-refractivity contribution in [2.75, 3.05) is 10.9 Å². The Bertz CT molecular complexity index is 939. The highest BCUT2D eigenvalue weighted by Crippen LogP contribution is 2.26. The van der Waals surface area contributed by atoms with Gasteiger partial charge < -0.3 is 9.84 Å². The van der Waals surface area contributed by atoms with Crippen molar-refractivity contribution in [3.05, 3.63) is 53.9 Å². The number of nitrogens with zero attached hydrogens (tertiary/aromatic N) is 2. The lowest BCUT2D eigenvalue weighted by Crippen LogP contribution is -2.37. The van der Waals surface area contributed by atoms with Crippen LogP contribution in [0.4, 0.5) is 5.69 Å². The highest BCUT2D eigenvalue weighted by molar-refractivity contribution is 7.92. The third kappa shape index (κ3) is 4.43. The molecule has 1 aromatic heterocycles. The number of carboxylic acids is 1. The molecule has 0 amide bonds. The summed E-state index contributed by atoms with van der Waals surface area (Å²) in [6.07, 6.45) is 1.27. The summed E-state index contributed by atoms with van der Waals surface area (Å²) < 4.78 is 32.1. The zero-order chi connectivity index (χ0) is 20.2. The van der Waals surface area contributed by atoms with Crippen molar-refractivity contribution >= 4 is 27.6 Å². The highest BCUT2D eigenvalue weighted by Gasteiger charge is 2.28. The quantitative estimate of drug-likeness (QED) is 0.720. The lowest BCUT2D eigenvalue weighted by atomic mass is 10.2. The van der Waals surface area contributed by atoms with Crippen LogP contribution in [0.1, 0.15) is 41.6 Å². The molecule has 1 aromatic carbocycles. The van der Waals surface area contributed by atoms with Gasteiger partial charge in [-0.3, -0.25) is 4.31 Å². The van der Waals surface area contributed by atoms with Crippen molar-refractivity contribution in [3.63, 3.8) is 0 Å². The van der Waals surface area contributed by atoms with Crippen molar-refractivity contribution in [1.82, 2.24) is 4.98 Å². The number of esters is 1. The van der Waals surface area contributed by atoms with Gasteiger partial charge in [0.15, 0.2) is 0 Å². The van der Waals surface area contributed by atoms with E-state index >= 15 is 0 Å². The van der Waals surface area contributed by atoms with Gasteiger partial charge in [-0.25, -0.2) is 23.0 Å². The molecule has 0 bridgehead atoms. The minimum atomic E-state index is -4.04. The van der Waals surface area contributed by atoms with E-state index in [0.29, 0.717) is 0 Å². The molecule has 1 N–H and O–H groups in total. The smallest absolute Gasteiger partial charge is 0.356 e. The summed E-state index contributed by atoms with van der Waals surface area (Å²) in [5.74, 6) is -1.82. The number of carbonyl (C=O) groups excluding carboxylic acids is 1. The molecule has 0 unspecified atom stereocenters. The number of aromatic nitrogens is 1. The molecule has 0 aliphatic heterocycles. The number of ether oxygens (including phenoxy) is 1. The summed E-state index contributed by atoms with van der Waals surface area (Å²) in [6.45, 7) is 5.23. The van der Waals surface area contributed by atoms with Crippen LogP contribution in [0.15, 0.2) is 47.5 Å². The zero-order valence-electron chi connectivity index (χ0n) is 15.1. The monoisotopic (exact) mass is 392 g/mol. The summed E-state index contributed by atoms with van der Waals surface area (Å²) in [5.41, 5.74) is 0.184. The van der Waals surface area contributed by atoms with Crippen LogP contribution < -0.4 is 4.31 Å².